The highest BCUT2D eigenvalue weighted by Crippen LogP contribution is 2.31. The van der Waals surface area contributed by atoms with Crippen LogP contribution >= 0.6 is 0 Å². The van der Waals surface area contributed by atoms with E-state index in [-0.39, 0.29) is 23.0 Å². The molecule has 0 amide bonds. The van der Waals surface area contributed by atoms with Crippen LogP contribution in [0.15, 0.2) is 24.5 Å². The summed E-state index contributed by atoms with van der Waals surface area (Å²) in [6.45, 7) is 2.95. The third-order valence-corrected chi connectivity index (χ3v) is 4.45. The molecule has 0 aliphatic carbocycles. The molecule has 2 aromatic rings. The fourth-order valence-corrected chi connectivity index (χ4v) is 3.25. The summed E-state index contributed by atoms with van der Waals surface area (Å²) < 4.78 is 1.92. The van der Waals surface area contributed by atoms with Gasteiger partial charge in [-0.3, -0.25) is 14.9 Å². The number of carbonyl (C=O) groups is 1. The van der Waals surface area contributed by atoms with E-state index in [0.717, 1.165) is 37.4 Å². The minimum absolute atomic E-state index is 0.145. The van der Waals surface area contributed by atoms with E-state index in [1.807, 2.05) is 11.6 Å². The number of rotatable bonds is 4. The number of ketones is 1. The average Bonchev–Trinajstić information content (AvgIpc) is 3.00. The van der Waals surface area contributed by atoms with Gasteiger partial charge in [0.25, 0.3) is 5.69 Å². The summed E-state index contributed by atoms with van der Waals surface area (Å²) in [6, 6.07) is 4.75. The third kappa shape index (κ3) is 2.99. The first-order valence-corrected chi connectivity index (χ1v) is 7.85. The Kier molecular flexibility index (Phi) is 4.28. The Morgan fingerprint density at radius 1 is 1.42 bits per heavy atom. The molecule has 0 unspecified atom stereocenters. The first-order valence-electron chi connectivity index (χ1n) is 7.85. The fraction of sp³-hybridized carbons (Fsp3) is 0.438. The van der Waals surface area contributed by atoms with E-state index in [0.29, 0.717) is 0 Å². The number of piperidine rings is 1. The summed E-state index contributed by atoms with van der Waals surface area (Å²) in [6.07, 6.45) is 3.70. The summed E-state index contributed by atoms with van der Waals surface area (Å²) in [5.74, 6) is 0.890. The van der Waals surface area contributed by atoms with Crippen molar-refractivity contribution >= 4 is 17.2 Å². The number of hydrogen-bond donors (Lipinski definition) is 0. The number of nitrogens with zero attached hydrogens (tertiary/aromatic N) is 5. The second kappa shape index (κ2) is 6.38. The van der Waals surface area contributed by atoms with Crippen LogP contribution in [-0.4, -0.2) is 38.6 Å². The normalized spacial score (nSPS) is 17.8. The maximum absolute atomic E-state index is 11.8. The van der Waals surface area contributed by atoms with Crippen molar-refractivity contribution in [3.05, 3.63) is 46.0 Å². The van der Waals surface area contributed by atoms with E-state index in [9.17, 15) is 14.9 Å². The number of anilines is 1. The van der Waals surface area contributed by atoms with Gasteiger partial charge in [-0.15, -0.1) is 10.2 Å². The molecule has 0 radical (unpaired) electrons. The maximum atomic E-state index is 11.8. The smallest absolute Gasteiger partial charge is 0.280 e. The fourth-order valence-electron chi connectivity index (χ4n) is 3.25. The van der Waals surface area contributed by atoms with Gasteiger partial charge in [0.2, 0.25) is 0 Å². The number of benzene rings is 1. The molecule has 0 spiro atoms. The van der Waals surface area contributed by atoms with Gasteiger partial charge in [-0.25, -0.2) is 0 Å². The monoisotopic (exact) mass is 329 g/mol. The van der Waals surface area contributed by atoms with Gasteiger partial charge in [-0.05, 0) is 31.9 Å². The number of nitro benzene ring substituents is 1. The maximum Gasteiger partial charge on any atom is 0.280 e. The van der Waals surface area contributed by atoms with Crippen molar-refractivity contribution in [3.63, 3.8) is 0 Å². The molecule has 1 aliphatic rings. The van der Waals surface area contributed by atoms with E-state index < -0.39 is 4.92 Å². The standard InChI is InChI=1S/C16H19N5O3/c1-11(22)14-8-13(5-6-15(14)21(23)24)20-7-3-4-12(9-20)16-18-17-10-19(16)2/h5-6,8,10,12H,3-4,7,9H2,1-2H3/t12-/m1/s1. The molecule has 3 rings (SSSR count). The molecular weight excluding hydrogens is 310 g/mol. The predicted molar refractivity (Wildman–Crippen MR) is 88.3 cm³/mol. The van der Waals surface area contributed by atoms with Gasteiger partial charge >= 0.3 is 0 Å². The Morgan fingerprint density at radius 2 is 2.21 bits per heavy atom. The van der Waals surface area contributed by atoms with Crippen molar-refractivity contribution < 1.29 is 9.72 Å². The molecule has 126 valence electrons. The largest absolute Gasteiger partial charge is 0.371 e. The Labute approximate surface area is 139 Å². The van der Waals surface area contributed by atoms with Gasteiger partial charge in [0, 0.05) is 37.8 Å². The molecule has 1 aliphatic heterocycles. The highest BCUT2D eigenvalue weighted by Gasteiger charge is 2.26. The predicted octanol–water partition coefficient (Wildman–Crippen LogP) is 2.31. The second-order valence-electron chi connectivity index (χ2n) is 6.10. The highest BCUT2D eigenvalue weighted by atomic mass is 16.6. The van der Waals surface area contributed by atoms with Gasteiger partial charge < -0.3 is 9.47 Å². The molecule has 1 atom stereocenters. The van der Waals surface area contributed by atoms with Gasteiger partial charge in [-0.2, -0.15) is 0 Å². The molecule has 2 heterocycles. The van der Waals surface area contributed by atoms with Gasteiger partial charge in [0.05, 0.1) is 10.5 Å². The van der Waals surface area contributed by atoms with Crippen molar-refractivity contribution in [1.82, 2.24) is 14.8 Å². The summed E-state index contributed by atoms with van der Waals surface area (Å²) in [5, 5.41) is 19.2. The molecule has 1 saturated heterocycles. The van der Waals surface area contributed by atoms with Crippen molar-refractivity contribution in [1.29, 1.82) is 0 Å². The van der Waals surface area contributed by atoms with Gasteiger partial charge in [0.1, 0.15) is 12.2 Å². The minimum atomic E-state index is -0.515. The zero-order chi connectivity index (χ0) is 17.3. The van der Waals surface area contributed by atoms with Crippen molar-refractivity contribution in [2.75, 3.05) is 18.0 Å². The van der Waals surface area contributed by atoms with Gasteiger partial charge in [0.15, 0.2) is 5.78 Å². The van der Waals surface area contributed by atoms with E-state index >= 15 is 0 Å². The lowest BCUT2D eigenvalue weighted by Gasteiger charge is -2.34. The summed E-state index contributed by atoms with van der Waals surface area (Å²) >= 11 is 0. The number of nitro groups is 1. The summed E-state index contributed by atoms with van der Waals surface area (Å²) in [7, 11) is 1.92. The van der Waals surface area contributed by atoms with Crippen molar-refractivity contribution in [3.8, 4) is 0 Å². The molecule has 8 nitrogen and oxygen atoms in total. The molecule has 0 bridgehead atoms. The van der Waals surface area contributed by atoms with E-state index in [1.165, 1.54) is 13.0 Å². The molecule has 1 aromatic carbocycles. The van der Waals surface area contributed by atoms with Crippen LogP contribution in [0, 0.1) is 10.1 Å². The van der Waals surface area contributed by atoms with Crippen LogP contribution in [0.3, 0.4) is 0 Å². The minimum Gasteiger partial charge on any atom is -0.371 e. The number of Topliss-reactive ketones (excluding diaryl/α,β-unsaturated/α-hetero) is 1. The zero-order valence-electron chi connectivity index (χ0n) is 13.7. The molecule has 0 saturated carbocycles. The van der Waals surface area contributed by atoms with Crippen LogP contribution in [0.5, 0.6) is 0 Å². The Bertz CT molecular complexity index is 786. The van der Waals surface area contributed by atoms with Crippen molar-refractivity contribution in [2.24, 2.45) is 7.05 Å². The zero-order valence-corrected chi connectivity index (χ0v) is 13.7. The third-order valence-electron chi connectivity index (χ3n) is 4.45. The van der Waals surface area contributed by atoms with E-state index in [2.05, 4.69) is 15.1 Å². The molecule has 0 N–H and O–H groups in total. The molecule has 1 fully saturated rings. The quantitative estimate of drug-likeness (QED) is 0.485. The SMILES string of the molecule is CC(=O)c1cc(N2CCC[C@@H](c3nncn3C)C2)ccc1[N+](=O)[O-]. The lowest BCUT2D eigenvalue weighted by atomic mass is 9.96. The first-order chi connectivity index (χ1) is 11.5. The highest BCUT2D eigenvalue weighted by molar-refractivity contribution is 5.99. The molecule has 24 heavy (non-hydrogen) atoms. The average molecular weight is 329 g/mol. The van der Waals surface area contributed by atoms with Crippen LogP contribution in [0.25, 0.3) is 0 Å². The Balaban J connectivity index is 1.88. The lowest BCUT2D eigenvalue weighted by Crippen LogP contribution is -2.35. The van der Waals surface area contributed by atoms with Crippen LogP contribution in [0.2, 0.25) is 0 Å². The summed E-state index contributed by atoms with van der Waals surface area (Å²) in [4.78, 5) is 24.5. The molecule has 8 heteroatoms. The lowest BCUT2D eigenvalue weighted by molar-refractivity contribution is -0.385. The van der Waals surface area contributed by atoms with Crippen LogP contribution in [-0.2, 0) is 7.05 Å². The Hall–Kier alpha value is -2.77. The van der Waals surface area contributed by atoms with Crippen LogP contribution in [0.4, 0.5) is 11.4 Å². The van der Waals surface area contributed by atoms with E-state index in [1.54, 1.807) is 18.5 Å². The van der Waals surface area contributed by atoms with Crippen LogP contribution in [0.1, 0.15) is 41.9 Å². The first kappa shape index (κ1) is 16.1. The van der Waals surface area contributed by atoms with Crippen molar-refractivity contribution in [2.45, 2.75) is 25.7 Å². The molecular formula is C16H19N5O3. The van der Waals surface area contributed by atoms with Gasteiger partial charge in [-0.1, -0.05) is 0 Å². The summed E-state index contributed by atoms with van der Waals surface area (Å²) in [5.41, 5.74) is 0.837. The van der Waals surface area contributed by atoms with E-state index in [4.69, 9.17) is 0 Å². The topological polar surface area (TPSA) is 94.2 Å². The number of aromatic nitrogens is 3. The molecule has 1 aromatic heterocycles. The number of aryl methyl sites for hydroxylation is 1. The second-order valence-corrected chi connectivity index (χ2v) is 6.10. The van der Waals surface area contributed by atoms with Crippen LogP contribution < -0.4 is 4.90 Å². The number of hydrogen-bond acceptors (Lipinski definition) is 6. The number of carbonyl (C=O) groups excluding carboxylic acids is 1. The Morgan fingerprint density at radius 3 is 2.83 bits per heavy atom.